The Balaban J connectivity index is 0. The van der Waals surface area contributed by atoms with Gasteiger partial charge in [0, 0.05) is 13.0 Å². The molecule has 1 atom stereocenters. The van der Waals surface area contributed by atoms with E-state index in [1.54, 1.807) is 0 Å². The van der Waals surface area contributed by atoms with E-state index in [9.17, 15) is 9.59 Å². The first-order valence-corrected chi connectivity index (χ1v) is 17.2. The lowest BCUT2D eigenvalue weighted by molar-refractivity contribution is -0.147. The van der Waals surface area contributed by atoms with Crippen LogP contribution in [0.1, 0.15) is 193 Å². The van der Waals surface area contributed by atoms with Crippen molar-refractivity contribution in [1.29, 1.82) is 0 Å². The van der Waals surface area contributed by atoms with E-state index >= 15 is 0 Å². The van der Waals surface area contributed by atoms with Crippen LogP contribution >= 0.6 is 0 Å². The fraction of sp³-hybridized carbons (Fsp3) is 0.941. The van der Waals surface area contributed by atoms with Crippen molar-refractivity contribution < 1.29 is 30.0 Å². The number of hydrogen-bond acceptors (Lipinski definition) is 4. The van der Waals surface area contributed by atoms with Crippen molar-refractivity contribution in [3.63, 3.8) is 0 Å². The van der Waals surface area contributed by atoms with Gasteiger partial charge in [0.05, 0.1) is 0 Å². The third-order valence-corrected chi connectivity index (χ3v) is 7.66. The number of unbranched alkanes of at least 4 members (excludes halogenated alkanes) is 25. The second kappa shape index (κ2) is 35.9. The lowest BCUT2D eigenvalue weighted by Gasteiger charge is -2.05. The smallest absolute Gasteiger partial charge is 0.332 e. The number of carbonyl (C=O) groups is 2. The fourth-order valence-corrected chi connectivity index (χ4v) is 4.99. The Hall–Kier alpha value is -1.14. The Kier molecular flexibility index (Phi) is 36.8. The Labute approximate surface area is 247 Å². The Morgan fingerprint density at radius 1 is 0.475 bits per heavy atom. The molecule has 0 saturated carbocycles. The number of aliphatic carboxylic acids is 2. The molecule has 0 rings (SSSR count). The zero-order chi connectivity index (χ0) is 29.9. The average molecular weight is 573 g/mol. The van der Waals surface area contributed by atoms with E-state index < -0.39 is 18.0 Å². The van der Waals surface area contributed by atoms with Gasteiger partial charge < -0.3 is 20.4 Å². The molecule has 1 unspecified atom stereocenters. The minimum atomic E-state index is -1.16. The molecule has 0 aliphatic carbocycles. The summed E-state index contributed by atoms with van der Waals surface area (Å²) in [7, 11) is 0. The van der Waals surface area contributed by atoms with Crippen molar-refractivity contribution in [2.45, 2.75) is 199 Å². The maximum absolute atomic E-state index is 10.4. The molecule has 6 heteroatoms. The average Bonchev–Trinajstić information content (AvgIpc) is 2.93. The van der Waals surface area contributed by atoms with Gasteiger partial charge in [0.2, 0.25) is 0 Å². The number of carboxylic acids is 2. The molecule has 0 aliphatic heterocycles. The third-order valence-electron chi connectivity index (χ3n) is 7.66. The van der Waals surface area contributed by atoms with Crippen LogP contribution in [0.4, 0.5) is 0 Å². The lowest BCUT2D eigenvalue weighted by atomic mass is 10.0. The van der Waals surface area contributed by atoms with Crippen LogP contribution < -0.4 is 0 Å². The zero-order valence-corrected chi connectivity index (χ0v) is 26.4. The Bertz CT molecular complexity index is 511. The minimum absolute atomic E-state index is 0.330. The minimum Gasteiger partial charge on any atom is -0.481 e. The zero-order valence-electron chi connectivity index (χ0n) is 26.4. The molecule has 0 spiro atoms. The van der Waals surface area contributed by atoms with Crippen LogP contribution in [0, 0.1) is 0 Å². The predicted octanol–water partition coefficient (Wildman–Crippen LogP) is 9.83. The second-order valence-corrected chi connectivity index (χ2v) is 11.7. The summed E-state index contributed by atoms with van der Waals surface area (Å²) in [4.78, 5) is 20.7. The lowest BCUT2D eigenvalue weighted by Crippen LogP contribution is -2.18. The number of aliphatic hydroxyl groups excluding tert-OH is 2. The molecular weight excluding hydrogens is 504 g/mol. The van der Waals surface area contributed by atoms with Gasteiger partial charge in [0.15, 0.2) is 6.10 Å². The van der Waals surface area contributed by atoms with Gasteiger partial charge >= 0.3 is 11.9 Å². The summed E-state index contributed by atoms with van der Waals surface area (Å²) in [6, 6.07) is 0. The summed E-state index contributed by atoms with van der Waals surface area (Å²) in [5, 5.41) is 34.8. The van der Waals surface area contributed by atoms with Gasteiger partial charge in [0.25, 0.3) is 0 Å². The molecule has 0 heterocycles. The quantitative estimate of drug-likeness (QED) is 0.0614. The second-order valence-electron chi connectivity index (χ2n) is 11.7. The molecule has 0 aromatic rings. The molecule has 0 bridgehead atoms. The summed E-state index contributed by atoms with van der Waals surface area (Å²) in [6.07, 6.45) is 33.3. The summed E-state index contributed by atoms with van der Waals surface area (Å²) in [6.45, 7) is 2.60. The Morgan fingerprint density at radius 2 is 0.775 bits per heavy atom. The van der Waals surface area contributed by atoms with Crippen molar-refractivity contribution in [1.82, 2.24) is 0 Å². The van der Waals surface area contributed by atoms with E-state index in [1.165, 1.54) is 141 Å². The molecule has 40 heavy (non-hydrogen) atoms. The van der Waals surface area contributed by atoms with Crippen molar-refractivity contribution in [3.05, 3.63) is 0 Å². The van der Waals surface area contributed by atoms with Crippen LogP contribution in [0.3, 0.4) is 0 Å². The molecular formula is C34H68O6. The highest BCUT2D eigenvalue weighted by molar-refractivity contribution is 5.71. The van der Waals surface area contributed by atoms with Gasteiger partial charge in [-0.2, -0.15) is 0 Å². The highest BCUT2D eigenvalue weighted by Crippen LogP contribution is 2.14. The first-order chi connectivity index (χ1) is 19.5. The number of aliphatic hydroxyl groups is 2. The van der Waals surface area contributed by atoms with E-state index in [4.69, 9.17) is 20.4 Å². The molecule has 0 aliphatic rings. The maximum Gasteiger partial charge on any atom is 0.332 e. The number of rotatable bonds is 31. The van der Waals surface area contributed by atoms with Gasteiger partial charge in [-0.1, -0.05) is 167 Å². The fourth-order valence-electron chi connectivity index (χ4n) is 4.99. The normalized spacial score (nSPS) is 11.7. The number of carboxylic acid groups (broad SMARTS) is 2. The summed E-state index contributed by atoms with van der Waals surface area (Å²) >= 11 is 0. The summed E-state index contributed by atoms with van der Waals surface area (Å²) < 4.78 is 0. The van der Waals surface area contributed by atoms with Crippen LogP contribution in [-0.2, 0) is 9.59 Å². The highest BCUT2D eigenvalue weighted by atomic mass is 16.4. The van der Waals surface area contributed by atoms with Crippen LogP contribution in [0.25, 0.3) is 0 Å². The van der Waals surface area contributed by atoms with E-state index in [2.05, 4.69) is 6.92 Å². The van der Waals surface area contributed by atoms with E-state index in [0.717, 1.165) is 32.1 Å². The van der Waals surface area contributed by atoms with Gasteiger partial charge in [-0.25, -0.2) is 4.79 Å². The molecule has 240 valence electrons. The van der Waals surface area contributed by atoms with E-state index in [-0.39, 0.29) is 0 Å². The van der Waals surface area contributed by atoms with Crippen molar-refractivity contribution in [2.75, 3.05) is 6.61 Å². The molecule has 0 aromatic carbocycles. The van der Waals surface area contributed by atoms with Crippen LogP contribution in [0.5, 0.6) is 0 Å². The SMILES string of the molecule is CCCCCCCCCCCCCCCCC(O)C(=O)O.O=C(O)CCCCCCCCCCCCCCCO. The highest BCUT2D eigenvalue weighted by Gasteiger charge is 2.11. The van der Waals surface area contributed by atoms with Crippen molar-refractivity contribution >= 4 is 11.9 Å². The maximum atomic E-state index is 10.4. The van der Waals surface area contributed by atoms with Crippen LogP contribution in [0.2, 0.25) is 0 Å². The standard InChI is InChI=1S/C18H36O3.C16H32O3/c1-2-3-4-5-6-7-8-9-10-11-12-13-14-15-16-17(19)18(20)21;17-15-13-11-9-7-5-3-1-2-4-6-8-10-12-14-16(18)19/h17,19H,2-16H2,1H3,(H,20,21);17H,1-15H2,(H,18,19). The number of hydrogen-bond donors (Lipinski definition) is 4. The molecule has 6 nitrogen and oxygen atoms in total. The molecule has 0 amide bonds. The largest absolute Gasteiger partial charge is 0.481 e. The van der Waals surface area contributed by atoms with Crippen molar-refractivity contribution in [2.24, 2.45) is 0 Å². The summed E-state index contributed by atoms with van der Waals surface area (Å²) in [5.41, 5.74) is 0. The predicted molar refractivity (Wildman–Crippen MR) is 168 cm³/mol. The van der Waals surface area contributed by atoms with E-state index in [0.29, 0.717) is 19.4 Å². The van der Waals surface area contributed by atoms with Crippen LogP contribution in [-0.4, -0.2) is 45.1 Å². The van der Waals surface area contributed by atoms with E-state index in [1.807, 2.05) is 0 Å². The molecule has 4 N–H and O–H groups in total. The third kappa shape index (κ3) is 39.0. The van der Waals surface area contributed by atoms with Crippen molar-refractivity contribution in [3.8, 4) is 0 Å². The molecule has 0 fully saturated rings. The summed E-state index contributed by atoms with van der Waals surface area (Å²) in [5.74, 6) is -1.76. The Morgan fingerprint density at radius 3 is 1.07 bits per heavy atom. The van der Waals surface area contributed by atoms with Gasteiger partial charge in [-0.15, -0.1) is 0 Å². The topological polar surface area (TPSA) is 115 Å². The van der Waals surface area contributed by atoms with Gasteiger partial charge in [-0.05, 0) is 19.3 Å². The first-order valence-electron chi connectivity index (χ1n) is 17.2. The van der Waals surface area contributed by atoms with Crippen LogP contribution in [0.15, 0.2) is 0 Å². The molecule has 0 radical (unpaired) electrons. The molecule has 0 saturated heterocycles. The first kappa shape index (κ1) is 41.0. The monoisotopic (exact) mass is 573 g/mol. The van der Waals surface area contributed by atoms with Gasteiger partial charge in [-0.3, -0.25) is 4.79 Å². The van der Waals surface area contributed by atoms with Gasteiger partial charge in [0.1, 0.15) is 0 Å². The molecule has 0 aromatic heterocycles.